The molecule has 2 rings (SSSR count). The van der Waals surface area contributed by atoms with Crippen molar-refractivity contribution in [2.24, 2.45) is 10.9 Å². The summed E-state index contributed by atoms with van der Waals surface area (Å²) in [6.45, 7) is 0. The quantitative estimate of drug-likeness (QED) is 0.386. The summed E-state index contributed by atoms with van der Waals surface area (Å²) in [7, 11) is 0. The summed E-state index contributed by atoms with van der Waals surface area (Å²) in [6, 6.07) is 4.21. The highest BCUT2D eigenvalue weighted by Gasteiger charge is 2.12. The van der Waals surface area contributed by atoms with Gasteiger partial charge in [0.25, 0.3) is 0 Å². The third-order valence-electron chi connectivity index (χ3n) is 2.28. The first-order chi connectivity index (χ1) is 9.11. The van der Waals surface area contributed by atoms with E-state index in [-0.39, 0.29) is 22.9 Å². The molecule has 0 aliphatic heterocycles. The van der Waals surface area contributed by atoms with Gasteiger partial charge in [-0.15, -0.1) is 0 Å². The summed E-state index contributed by atoms with van der Waals surface area (Å²) in [5.74, 6) is -1.89. The van der Waals surface area contributed by atoms with Crippen molar-refractivity contribution in [3.8, 4) is 11.5 Å². The first-order valence-electron chi connectivity index (χ1n) is 5.16. The van der Waals surface area contributed by atoms with E-state index < -0.39 is 11.6 Å². The van der Waals surface area contributed by atoms with E-state index in [9.17, 15) is 8.78 Å². The number of pyridine rings is 1. The standard InChI is InChI=1S/C12H9F2N3O2/c13-7-1-2-9(14)10(5-7)19-11-6-16-4-3-8(11)12(15)17-18/h1-6,18H,(H2,15,17). The van der Waals surface area contributed by atoms with E-state index in [1.165, 1.54) is 18.5 Å². The van der Waals surface area contributed by atoms with E-state index in [2.05, 4.69) is 10.1 Å². The molecule has 0 fully saturated rings. The van der Waals surface area contributed by atoms with Crippen LogP contribution in [0.25, 0.3) is 0 Å². The number of oxime groups is 1. The molecule has 0 aliphatic carbocycles. The molecule has 3 N–H and O–H groups in total. The normalized spacial score (nSPS) is 11.4. The lowest BCUT2D eigenvalue weighted by molar-refractivity contribution is 0.318. The van der Waals surface area contributed by atoms with Gasteiger partial charge in [0.15, 0.2) is 23.2 Å². The molecule has 1 heterocycles. The molecule has 0 saturated carbocycles. The summed E-state index contributed by atoms with van der Waals surface area (Å²) < 4.78 is 31.7. The third-order valence-corrected chi connectivity index (χ3v) is 2.28. The highest BCUT2D eigenvalue weighted by Crippen LogP contribution is 2.27. The van der Waals surface area contributed by atoms with Crippen LogP contribution >= 0.6 is 0 Å². The summed E-state index contributed by atoms with van der Waals surface area (Å²) in [5, 5.41) is 11.5. The second-order valence-electron chi connectivity index (χ2n) is 3.53. The van der Waals surface area contributed by atoms with Crippen LogP contribution in [0.5, 0.6) is 11.5 Å². The van der Waals surface area contributed by atoms with E-state index >= 15 is 0 Å². The van der Waals surface area contributed by atoms with Gasteiger partial charge in [-0.1, -0.05) is 5.16 Å². The number of halogens is 2. The van der Waals surface area contributed by atoms with Crippen molar-refractivity contribution < 1.29 is 18.7 Å². The predicted molar refractivity (Wildman–Crippen MR) is 63.2 cm³/mol. The minimum atomic E-state index is -0.740. The molecule has 0 radical (unpaired) electrons. The zero-order chi connectivity index (χ0) is 13.8. The number of nitrogens with zero attached hydrogens (tertiary/aromatic N) is 2. The Kier molecular flexibility index (Phi) is 3.56. The molecule has 2 aromatic rings. The molecular weight excluding hydrogens is 256 g/mol. The Bertz CT molecular complexity index is 632. The molecule has 0 saturated heterocycles. The molecular formula is C12H9F2N3O2. The Morgan fingerprint density at radius 2 is 2.05 bits per heavy atom. The predicted octanol–water partition coefficient (Wildman–Crippen LogP) is 2.25. The smallest absolute Gasteiger partial charge is 0.173 e. The van der Waals surface area contributed by atoms with E-state index in [0.29, 0.717) is 0 Å². The molecule has 0 atom stereocenters. The lowest BCUT2D eigenvalue weighted by atomic mass is 10.2. The molecule has 19 heavy (non-hydrogen) atoms. The Morgan fingerprint density at radius 1 is 1.26 bits per heavy atom. The zero-order valence-corrected chi connectivity index (χ0v) is 9.55. The number of ether oxygens (including phenoxy) is 1. The minimum Gasteiger partial charge on any atom is -0.452 e. The van der Waals surface area contributed by atoms with Crippen molar-refractivity contribution in [3.05, 3.63) is 53.9 Å². The van der Waals surface area contributed by atoms with Crippen LogP contribution in [0, 0.1) is 11.6 Å². The highest BCUT2D eigenvalue weighted by atomic mass is 19.1. The number of benzene rings is 1. The van der Waals surface area contributed by atoms with Gasteiger partial charge in [-0.25, -0.2) is 8.78 Å². The Balaban J connectivity index is 2.41. The molecule has 0 unspecified atom stereocenters. The molecule has 1 aromatic carbocycles. The van der Waals surface area contributed by atoms with Crippen molar-refractivity contribution in [2.75, 3.05) is 0 Å². The molecule has 0 spiro atoms. The monoisotopic (exact) mass is 265 g/mol. The molecule has 1 aromatic heterocycles. The van der Waals surface area contributed by atoms with Crippen LogP contribution in [0.2, 0.25) is 0 Å². The van der Waals surface area contributed by atoms with Gasteiger partial charge in [0, 0.05) is 12.3 Å². The lowest BCUT2D eigenvalue weighted by Gasteiger charge is -2.10. The molecule has 0 amide bonds. The number of amidine groups is 1. The molecule has 7 heteroatoms. The fourth-order valence-corrected chi connectivity index (χ4v) is 1.40. The Morgan fingerprint density at radius 3 is 2.79 bits per heavy atom. The molecule has 0 bridgehead atoms. The largest absolute Gasteiger partial charge is 0.452 e. The maximum Gasteiger partial charge on any atom is 0.173 e. The summed E-state index contributed by atoms with van der Waals surface area (Å²) >= 11 is 0. The SMILES string of the molecule is N/C(=N/O)c1ccncc1Oc1cc(F)ccc1F. The second kappa shape index (κ2) is 5.30. The van der Waals surface area contributed by atoms with Crippen LogP contribution in [-0.4, -0.2) is 16.0 Å². The van der Waals surface area contributed by atoms with Crippen LogP contribution in [0.3, 0.4) is 0 Å². The first-order valence-corrected chi connectivity index (χ1v) is 5.16. The zero-order valence-electron chi connectivity index (χ0n) is 9.55. The van der Waals surface area contributed by atoms with E-state index in [0.717, 1.165) is 18.2 Å². The van der Waals surface area contributed by atoms with Crippen molar-refractivity contribution in [3.63, 3.8) is 0 Å². The van der Waals surface area contributed by atoms with Crippen molar-refractivity contribution in [1.29, 1.82) is 0 Å². The van der Waals surface area contributed by atoms with Gasteiger partial charge in [-0.3, -0.25) is 4.98 Å². The number of hydrogen-bond acceptors (Lipinski definition) is 4. The van der Waals surface area contributed by atoms with E-state index in [1.807, 2.05) is 0 Å². The molecule has 0 aliphatic rings. The number of aromatic nitrogens is 1. The maximum absolute atomic E-state index is 13.4. The van der Waals surface area contributed by atoms with E-state index in [4.69, 9.17) is 15.7 Å². The van der Waals surface area contributed by atoms with Crippen molar-refractivity contribution >= 4 is 5.84 Å². The number of nitrogens with two attached hydrogens (primary N) is 1. The fraction of sp³-hybridized carbons (Fsp3) is 0. The number of rotatable bonds is 3. The van der Waals surface area contributed by atoms with Crippen LogP contribution < -0.4 is 10.5 Å². The topological polar surface area (TPSA) is 80.7 Å². The van der Waals surface area contributed by atoms with E-state index in [1.54, 1.807) is 0 Å². The Hall–Kier alpha value is -2.70. The van der Waals surface area contributed by atoms with Gasteiger partial charge in [0.1, 0.15) is 5.82 Å². The van der Waals surface area contributed by atoms with Crippen LogP contribution in [0.15, 0.2) is 41.8 Å². The maximum atomic E-state index is 13.4. The summed E-state index contributed by atoms with van der Waals surface area (Å²) in [5.41, 5.74) is 5.65. The first kappa shape index (κ1) is 12.7. The van der Waals surface area contributed by atoms with Crippen molar-refractivity contribution in [2.45, 2.75) is 0 Å². The minimum absolute atomic E-state index is 0.0438. The molecule has 98 valence electrons. The average molecular weight is 265 g/mol. The fourth-order valence-electron chi connectivity index (χ4n) is 1.40. The average Bonchev–Trinajstić information content (AvgIpc) is 2.42. The van der Waals surface area contributed by atoms with Gasteiger partial charge in [-0.05, 0) is 18.2 Å². The molecule has 5 nitrogen and oxygen atoms in total. The third kappa shape index (κ3) is 2.76. The van der Waals surface area contributed by atoms with Crippen molar-refractivity contribution in [1.82, 2.24) is 4.98 Å². The van der Waals surface area contributed by atoms with Crippen LogP contribution in [-0.2, 0) is 0 Å². The Labute approximate surface area is 107 Å². The van der Waals surface area contributed by atoms with Gasteiger partial charge >= 0.3 is 0 Å². The highest BCUT2D eigenvalue weighted by molar-refractivity contribution is 5.99. The van der Waals surface area contributed by atoms with Gasteiger partial charge < -0.3 is 15.7 Å². The van der Waals surface area contributed by atoms with Gasteiger partial charge in [-0.2, -0.15) is 0 Å². The second-order valence-corrected chi connectivity index (χ2v) is 3.53. The summed E-state index contributed by atoms with van der Waals surface area (Å²) in [4.78, 5) is 3.78. The van der Waals surface area contributed by atoms with Gasteiger partial charge in [0.2, 0.25) is 0 Å². The van der Waals surface area contributed by atoms with Crippen LogP contribution in [0.4, 0.5) is 8.78 Å². The number of hydrogen-bond donors (Lipinski definition) is 2. The summed E-state index contributed by atoms with van der Waals surface area (Å²) in [6.07, 6.45) is 2.64. The van der Waals surface area contributed by atoms with Crippen LogP contribution in [0.1, 0.15) is 5.56 Å². The lowest BCUT2D eigenvalue weighted by Crippen LogP contribution is -2.14. The van der Waals surface area contributed by atoms with Gasteiger partial charge in [0.05, 0.1) is 11.8 Å².